The van der Waals surface area contributed by atoms with E-state index >= 15 is 0 Å². The van der Waals surface area contributed by atoms with Crippen LogP contribution >= 0.6 is 11.3 Å². The summed E-state index contributed by atoms with van der Waals surface area (Å²) in [5.74, 6) is 0.670. The molecule has 0 radical (unpaired) electrons. The van der Waals surface area contributed by atoms with Gasteiger partial charge in [-0.15, -0.1) is 11.3 Å². The van der Waals surface area contributed by atoms with E-state index in [4.69, 9.17) is 0 Å². The molecule has 1 aliphatic rings. The van der Waals surface area contributed by atoms with Crippen molar-refractivity contribution < 1.29 is 0 Å². The molecule has 4 rings (SSSR count). The summed E-state index contributed by atoms with van der Waals surface area (Å²) in [4.78, 5) is 4.66. The van der Waals surface area contributed by atoms with Gasteiger partial charge in [0.25, 0.3) is 0 Å². The Morgan fingerprint density at radius 2 is 1.73 bits per heavy atom. The summed E-state index contributed by atoms with van der Waals surface area (Å²) < 4.78 is 0. The van der Waals surface area contributed by atoms with Gasteiger partial charge < -0.3 is 0 Å². The van der Waals surface area contributed by atoms with E-state index in [1.807, 2.05) is 0 Å². The second-order valence-corrected chi connectivity index (χ2v) is 7.74. The van der Waals surface area contributed by atoms with Crippen LogP contribution in [0.1, 0.15) is 42.7 Å². The predicted molar refractivity (Wildman–Crippen MR) is 111 cm³/mol. The molecule has 0 bridgehead atoms. The standard InChI is InChI=1S/C22H23N3S/c1-16-7-9-19(10-8-16)21-15-26-22(23-21)25-24-20-13-11-18(12-14-20)17-5-3-2-4-6-17/h2-10,15,18H,11-14H2,1H3,(H,23,25). The van der Waals surface area contributed by atoms with Crippen molar-refractivity contribution in [2.45, 2.75) is 38.5 Å². The molecule has 1 heterocycles. The minimum atomic E-state index is 0.670. The van der Waals surface area contributed by atoms with E-state index in [0.29, 0.717) is 5.92 Å². The number of hydrogen-bond acceptors (Lipinski definition) is 4. The summed E-state index contributed by atoms with van der Waals surface area (Å²) in [6, 6.07) is 19.3. The van der Waals surface area contributed by atoms with E-state index in [1.54, 1.807) is 11.3 Å². The van der Waals surface area contributed by atoms with Gasteiger partial charge in [0.05, 0.1) is 5.69 Å². The predicted octanol–water partition coefficient (Wildman–Crippen LogP) is 6.24. The summed E-state index contributed by atoms with van der Waals surface area (Å²) >= 11 is 1.61. The normalized spacial score (nSPS) is 17.1. The number of hydrogen-bond donors (Lipinski definition) is 1. The number of hydrazone groups is 1. The second kappa shape index (κ2) is 7.83. The van der Waals surface area contributed by atoms with Crippen molar-refractivity contribution in [3.8, 4) is 11.3 Å². The zero-order chi connectivity index (χ0) is 17.8. The molecule has 1 N–H and O–H groups in total. The highest BCUT2D eigenvalue weighted by molar-refractivity contribution is 7.14. The molecule has 1 aliphatic carbocycles. The molecule has 0 atom stereocenters. The highest BCUT2D eigenvalue weighted by Gasteiger charge is 2.19. The van der Waals surface area contributed by atoms with Crippen molar-refractivity contribution in [2.75, 3.05) is 5.43 Å². The summed E-state index contributed by atoms with van der Waals surface area (Å²) in [6.45, 7) is 2.10. The fourth-order valence-electron chi connectivity index (χ4n) is 3.43. The lowest BCUT2D eigenvalue weighted by molar-refractivity contribution is 0.566. The Labute approximate surface area is 158 Å². The summed E-state index contributed by atoms with van der Waals surface area (Å²) in [5, 5.41) is 7.56. The topological polar surface area (TPSA) is 37.3 Å². The number of nitrogens with one attached hydrogen (secondary N) is 1. The van der Waals surface area contributed by atoms with Crippen LogP contribution in [-0.2, 0) is 0 Å². The van der Waals surface area contributed by atoms with Gasteiger partial charge in [-0.05, 0) is 44.1 Å². The van der Waals surface area contributed by atoms with Gasteiger partial charge in [0.15, 0.2) is 0 Å². The lowest BCUT2D eigenvalue weighted by atomic mass is 9.83. The first-order valence-corrected chi connectivity index (χ1v) is 10.0. The summed E-state index contributed by atoms with van der Waals surface area (Å²) in [5.41, 5.74) is 9.30. The molecule has 26 heavy (non-hydrogen) atoms. The molecule has 4 heteroatoms. The van der Waals surface area contributed by atoms with Gasteiger partial charge >= 0.3 is 0 Å². The average Bonchev–Trinajstić information content (AvgIpc) is 3.17. The smallest absolute Gasteiger partial charge is 0.203 e. The van der Waals surface area contributed by atoms with Crippen LogP contribution in [0.2, 0.25) is 0 Å². The van der Waals surface area contributed by atoms with Crippen LogP contribution in [0, 0.1) is 6.92 Å². The number of thiazole rings is 1. The van der Waals surface area contributed by atoms with E-state index in [1.165, 1.54) is 29.7 Å². The lowest BCUT2D eigenvalue weighted by Gasteiger charge is -2.23. The van der Waals surface area contributed by atoms with Crippen molar-refractivity contribution in [3.05, 3.63) is 71.1 Å². The maximum Gasteiger partial charge on any atom is 0.203 e. The first-order chi connectivity index (χ1) is 12.8. The number of nitrogens with zero attached hydrogens (tertiary/aromatic N) is 2. The number of benzene rings is 2. The molecule has 0 spiro atoms. The van der Waals surface area contributed by atoms with Gasteiger partial charge in [0.2, 0.25) is 5.13 Å². The second-order valence-electron chi connectivity index (χ2n) is 6.88. The van der Waals surface area contributed by atoms with Crippen molar-refractivity contribution in [1.82, 2.24) is 4.98 Å². The minimum absolute atomic E-state index is 0.670. The average molecular weight is 362 g/mol. The lowest BCUT2D eigenvalue weighted by Crippen LogP contribution is -2.14. The molecule has 1 aromatic heterocycles. The highest BCUT2D eigenvalue weighted by atomic mass is 32.1. The van der Waals surface area contributed by atoms with Gasteiger partial charge in [-0.3, -0.25) is 5.43 Å². The molecule has 2 aromatic carbocycles. The van der Waals surface area contributed by atoms with Gasteiger partial charge in [-0.25, -0.2) is 4.98 Å². The van der Waals surface area contributed by atoms with Crippen LogP contribution in [0.4, 0.5) is 5.13 Å². The zero-order valence-corrected chi connectivity index (χ0v) is 15.8. The van der Waals surface area contributed by atoms with E-state index < -0.39 is 0 Å². The molecule has 0 saturated heterocycles. The third-order valence-corrected chi connectivity index (χ3v) is 5.74. The van der Waals surface area contributed by atoms with Crippen LogP contribution in [0.15, 0.2) is 65.1 Å². The van der Waals surface area contributed by atoms with Crippen molar-refractivity contribution in [1.29, 1.82) is 0 Å². The first kappa shape index (κ1) is 17.0. The number of aromatic nitrogens is 1. The Bertz CT molecular complexity index is 871. The monoisotopic (exact) mass is 361 g/mol. The quantitative estimate of drug-likeness (QED) is 0.558. The van der Waals surface area contributed by atoms with Gasteiger partial charge in [0.1, 0.15) is 0 Å². The fraction of sp³-hybridized carbons (Fsp3) is 0.273. The van der Waals surface area contributed by atoms with Crippen LogP contribution in [0.25, 0.3) is 11.3 Å². The van der Waals surface area contributed by atoms with Crippen molar-refractivity contribution in [3.63, 3.8) is 0 Å². The third kappa shape index (κ3) is 4.02. The zero-order valence-electron chi connectivity index (χ0n) is 15.0. The van der Waals surface area contributed by atoms with Crippen molar-refractivity contribution in [2.24, 2.45) is 5.10 Å². The fourth-order valence-corrected chi connectivity index (χ4v) is 4.09. The minimum Gasteiger partial charge on any atom is -0.253 e. The Kier molecular flexibility index (Phi) is 5.12. The Balaban J connectivity index is 1.35. The number of rotatable bonds is 4. The van der Waals surface area contributed by atoms with Gasteiger partial charge in [-0.2, -0.15) is 5.10 Å². The molecule has 3 aromatic rings. The Morgan fingerprint density at radius 1 is 1.00 bits per heavy atom. The number of anilines is 1. The Hall–Kier alpha value is -2.46. The molecular formula is C22H23N3S. The molecule has 3 nitrogen and oxygen atoms in total. The van der Waals surface area contributed by atoms with Crippen molar-refractivity contribution >= 4 is 22.2 Å². The molecule has 132 valence electrons. The van der Waals surface area contributed by atoms with Crippen LogP contribution in [0.3, 0.4) is 0 Å². The van der Waals surface area contributed by atoms with Crippen LogP contribution < -0.4 is 5.43 Å². The molecule has 0 unspecified atom stereocenters. The van der Waals surface area contributed by atoms with E-state index in [2.05, 4.69) is 82.4 Å². The SMILES string of the molecule is Cc1ccc(-c2csc(NN=C3CCC(c4ccccc4)CC3)n2)cc1. The summed E-state index contributed by atoms with van der Waals surface area (Å²) in [6.07, 6.45) is 4.47. The van der Waals surface area contributed by atoms with E-state index in [-0.39, 0.29) is 0 Å². The van der Waals surface area contributed by atoms with Gasteiger partial charge in [-0.1, -0.05) is 60.2 Å². The molecular weight excluding hydrogens is 338 g/mol. The first-order valence-electron chi connectivity index (χ1n) is 9.17. The Morgan fingerprint density at radius 3 is 2.46 bits per heavy atom. The molecule has 1 fully saturated rings. The molecule has 0 aliphatic heterocycles. The largest absolute Gasteiger partial charge is 0.253 e. The van der Waals surface area contributed by atoms with Crippen LogP contribution in [-0.4, -0.2) is 10.7 Å². The van der Waals surface area contributed by atoms with E-state index in [9.17, 15) is 0 Å². The van der Waals surface area contributed by atoms with Crippen LogP contribution in [0.5, 0.6) is 0 Å². The molecule has 0 amide bonds. The third-order valence-electron chi connectivity index (χ3n) is 4.99. The maximum absolute atomic E-state index is 4.66. The maximum atomic E-state index is 4.66. The van der Waals surface area contributed by atoms with E-state index in [0.717, 1.165) is 29.2 Å². The summed E-state index contributed by atoms with van der Waals surface area (Å²) in [7, 11) is 0. The highest BCUT2D eigenvalue weighted by Crippen LogP contribution is 2.32. The molecule has 1 saturated carbocycles. The number of aryl methyl sites for hydroxylation is 1. The van der Waals surface area contributed by atoms with Gasteiger partial charge in [0, 0.05) is 16.7 Å².